The summed E-state index contributed by atoms with van der Waals surface area (Å²) in [4.78, 5) is 22.4. The Morgan fingerprint density at radius 1 is 0.774 bits per heavy atom. The van der Waals surface area contributed by atoms with E-state index in [0.29, 0.717) is 5.75 Å². The fourth-order valence-corrected chi connectivity index (χ4v) is 3.41. The molecule has 158 valence electrons. The van der Waals surface area contributed by atoms with Gasteiger partial charge in [0.15, 0.2) is 0 Å². The maximum absolute atomic E-state index is 11.9. The van der Waals surface area contributed by atoms with Gasteiger partial charge in [0.05, 0.1) is 13.1 Å². The van der Waals surface area contributed by atoms with Crippen molar-refractivity contribution in [3.8, 4) is 5.75 Å². The van der Waals surface area contributed by atoms with Gasteiger partial charge in [-0.25, -0.2) is 0 Å². The molecular formula is C26H25NO4. The largest absolute Gasteiger partial charge is 0.480 e. The van der Waals surface area contributed by atoms with Crippen molar-refractivity contribution in [3.05, 3.63) is 102 Å². The van der Waals surface area contributed by atoms with E-state index < -0.39 is 11.9 Å². The van der Waals surface area contributed by atoms with Crippen LogP contribution >= 0.6 is 0 Å². The highest BCUT2D eigenvalue weighted by molar-refractivity contribution is 5.98. The van der Waals surface area contributed by atoms with Crippen LogP contribution in [0.15, 0.2) is 84.9 Å². The van der Waals surface area contributed by atoms with Crippen LogP contribution < -0.4 is 10.1 Å². The topological polar surface area (TPSA) is 75.6 Å². The zero-order valence-corrected chi connectivity index (χ0v) is 17.4. The van der Waals surface area contributed by atoms with Crippen LogP contribution in [-0.2, 0) is 9.59 Å². The summed E-state index contributed by atoms with van der Waals surface area (Å²) in [7, 11) is 0. The Hall–Kier alpha value is -3.70. The van der Waals surface area contributed by atoms with E-state index in [9.17, 15) is 9.59 Å². The minimum Gasteiger partial charge on any atom is -0.480 e. The number of carboxylic acid groups (broad SMARTS) is 1. The van der Waals surface area contributed by atoms with Crippen LogP contribution in [0.3, 0.4) is 0 Å². The second-order valence-corrected chi connectivity index (χ2v) is 6.93. The highest BCUT2D eigenvalue weighted by Crippen LogP contribution is 2.34. The minimum atomic E-state index is -1.03. The molecule has 0 bridgehead atoms. The fourth-order valence-electron chi connectivity index (χ4n) is 3.41. The van der Waals surface area contributed by atoms with Crippen molar-refractivity contribution in [2.24, 2.45) is 0 Å². The number of carbonyl (C=O) groups excluding carboxylic acids is 1. The molecule has 0 saturated heterocycles. The number of esters is 1. The number of ether oxygens (including phenoxy) is 1. The van der Waals surface area contributed by atoms with Crippen molar-refractivity contribution in [2.75, 3.05) is 13.1 Å². The molecule has 0 radical (unpaired) electrons. The fraction of sp³-hybridized carbons (Fsp3) is 0.154. The normalized spacial score (nSPS) is 11.5. The van der Waals surface area contributed by atoms with E-state index in [1.807, 2.05) is 48.5 Å². The van der Waals surface area contributed by atoms with Crippen molar-refractivity contribution in [1.29, 1.82) is 0 Å². The lowest BCUT2D eigenvalue weighted by Crippen LogP contribution is -2.30. The van der Waals surface area contributed by atoms with Gasteiger partial charge in [-0.05, 0) is 46.4 Å². The second kappa shape index (κ2) is 10.9. The van der Waals surface area contributed by atoms with Gasteiger partial charge in [0.25, 0.3) is 0 Å². The van der Waals surface area contributed by atoms with Gasteiger partial charge in [0, 0.05) is 0 Å². The lowest BCUT2D eigenvalue weighted by atomic mass is 9.88. The lowest BCUT2D eigenvalue weighted by molar-refractivity contribution is -0.136. The molecule has 3 aromatic carbocycles. The summed E-state index contributed by atoms with van der Waals surface area (Å²) >= 11 is 0. The summed E-state index contributed by atoms with van der Waals surface area (Å²) in [6.07, 6.45) is 0.861. The second-order valence-electron chi connectivity index (χ2n) is 6.93. The summed E-state index contributed by atoms with van der Waals surface area (Å²) in [5.74, 6) is -1.15. The Morgan fingerprint density at radius 3 is 1.87 bits per heavy atom. The van der Waals surface area contributed by atoms with Crippen molar-refractivity contribution in [1.82, 2.24) is 5.32 Å². The van der Waals surface area contributed by atoms with Crippen LogP contribution in [0.2, 0.25) is 0 Å². The highest BCUT2D eigenvalue weighted by Gasteiger charge is 2.13. The molecule has 5 nitrogen and oxygen atoms in total. The molecule has 0 unspecified atom stereocenters. The molecule has 0 aliphatic carbocycles. The van der Waals surface area contributed by atoms with Gasteiger partial charge in [-0.3, -0.25) is 14.9 Å². The van der Waals surface area contributed by atoms with Gasteiger partial charge < -0.3 is 9.84 Å². The van der Waals surface area contributed by atoms with Crippen LogP contribution in [-0.4, -0.2) is 30.1 Å². The average molecular weight is 415 g/mol. The van der Waals surface area contributed by atoms with Crippen molar-refractivity contribution in [2.45, 2.75) is 13.3 Å². The first-order valence-electron chi connectivity index (χ1n) is 10.2. The number of carbonyl (C=O) groups is 2. The summed E-state index contributed by atoms with van der Waals surface area (Å²) in [5, 5.41) is 11.1. The van der Waals surface area contributed by atoms with Crippen molar-refractivity contribution < 1.29 is 19.4 Å². The molecule has 2 N–H and O–H groups in total. The van der Waals surface area contributed by atoms with E-state index in [-0.39, 0.29) is 13.1 Å². The first-order valence-corrected chi connectivity index (χ1v) is 10.2. The Balaban J connectivity index is 1.90. The molecule has 0 spiro atoms. The summed E-state index contributed by atoms with van der Waals surface area (Å²) in [6, 6.07) is 27.9. The van der Waals surface area contributed by atoms with Gasteiger partial charge >= 0.3 is 11.9 Å². The Labute approximate surface area is 182 Å². The first kappa shape index (κ1) is 22.0. The molecule has 0 aromatic heterocycles. The van der Waals surface area contributed by atoms with Crippen molar-refractivity contribution >= 4 is 23.1 Å². The van der Waals surface area contributed by atoms with Gasteiger partial charge in [-0.15, -0.1) is 0 Å². The molecule has 3 rings (SSSR count). The number of hydrogen-bond donors (Lipinski definition) is 2. The highest BCUT2D eigenvalue weighted by atomic mass is 16.5. The number of nitrogens with one attached hydrogen (secondary N) is 1. The summed E-state index contributed by atoms with van der Waals surface area (Å²) in [6.45, 7) is 1.68. The van der Waals surface area contributed by atoms with Gasteiger partial charge in [0.1, 0.15) is 5.75 Å². The molecule has 31 heavy (non-hydrogen) atoms. The van der Waals surface area contributed by atoms with E-state index in [2.05, 4.69) is 36.5 Å². The first-order chi connectivity index (χ1) is 15.1. The zero-order valence-electron chi connectivity index (χ0n) is 17.4. The minimum absolute atomic E-state index is 0.169. The molecule has 3 aromatic rings. The average Bonchev–Trinajstić information content (AvgIpc) is 2.79. The SMILES string of the molecule is CC/C(=C(\c1ccccc1)c1ccc(OC(=O)CNCC(=O)O)cc1)c1ccccc1. The predicted octanol–water partition coefficient (Wildman–Crippen LogP) is 4.64. The number of allylic oxidation sites excluding steroid dienone is 1. The van der Waals surface area contributed by atoms with Gasteiger partial charge in [-0.2, -0.15) is 0 Å². The number of hydrogen-bond acceptors (Lipinski definition) is 4. The maximum Gasteiger partial charge on any atom is 0.325 e. The third-order valence-electron chi connectivity index (χ3n) is 4.76. The van der Waals surface area contributed by atoms with E-state index >= 15 is 0 Å². The number of aliphatic carboxylic acids is 1. The molecule has 0 heterocycles. The molecule has 0 aliphatic heterocycles. The third kappa shape index (κ3) is 6.14. The van der Waals surface area contributed by atoms with E-state index in [4.69, 9.17) is 9.84 Å². The maximum atomic E-state index is 11.9. The Kier molecular flexibility index (Phi) is 7.73. The number of benzene rings is 3. The van der Waals surface area contributed by atoms with Crippen LogP contribution in [0.25, 0.3) is 11.1 Å². The summed E-state index contributed by atoms with van der Waals surface area (Å²) in [5.41, 5.74) is 5.68. The van der Waals surface area contributed by atoms with Crippen LogP contribution in [0, 0.1) is 0 Å². The number of carboxylic acids is 1. The molecule has 0 atom stereocenters. The zero-order chi connectivity index (χ0) is 22.1. The third-order valence-corrected chi connectivity index (χ3v) is 4.76. The molecule has 0 saturated carbocycles. The van der Waals surface area contributed by atoms with E-state index in [1.165, 1.54) is 11.1 Å². The summed E-state index contributed by atoms with van der Waals surface area (Å²) < 4.78 is 5.30. The molecule has 0 aliphatic rings. The molecule has 5 heteroatoms. The predicted molar refractivity (Wildman–Crippen MR) is 122 cm³/mol. The Morgan fingerprint density at radius 2 is 1.32 bits per heavy atom. The van der Waals surface area contributed by atoms with Crippen LogP contribution in [0.5, 0.6) is 5.75 Å². The molecular weight excluding hydrogens is 390 g/mol. The lowest BCUT2D eigenvalue weighted by Gasteiger charge is -2.16. The number of rotatable bonds is 9. The standard InChI is InChI=1S/C26H25NO4/c1-2-23(19-9-5-3-6-10-19)26(20-11-7-4-8-12-20)21-13-15-22(16-14-21)31-25(30)18-27-17-24(28)29/h3-16,27H,2,17-18H2,1H3,(H,28,29)/b26-23-. The smallest absolute Gasteiger partial charge is 0.325 e. The Bertz CT molecular complexity index is 1040. The van der Waals surface area contributed by atoms with Gasteiger partial charge in [-0.1, -0.05) is 79.7 Å². The van der Waals surface area contributed by atoms with E-state index in [0.717, 1.165) is 23.1 Å². The van der Waals surface area contributed by atoms with Crippen LogP contribution in [0.1, 0.15) is 30.0 Å². The molecule has 0 amide bonds. The van der Waals surface area contributed by atoms with Gasteiger partial charge in [0.2, 0.25) is 0 Å². The van der Waals surface area contributed by atoms with Crippen molar-refractivity contribution in [3.63, 3.8) is 0 Å². The monoisotopic (exact) mass is 415 g/mol. The van der Waals surface area contributed by atoms with Crippen LogP contribution in [0.4, 0.5) is 0 Å². The molecule has 0 fully saturated rings. The quantitative estimate of drug-likeness (QED) is 0.303. The van der Waals surface area contributed by atoms with E-state index in [1.54, 1.807) is 12.1 Å².